The van der Waals surface area contributed by atoms with Gasteiger partial charge in [0.2, 0.25) is 5.91 Å². The molecule has 0 aromatic carbocycles. The monoisotopic (exact) mass is 316 g/mol. The fourth-order valence-electron chi connectivity index (χ4n) is 2.38. The molecule has 2 rings (SSSR count). The third-order valence-corrected chi connectivity index (χ3v) is 5.11. The number of thiophene rings is 1. The van der Waals surface area contributed by atoms with Crippen LogP contribution in [0.5, 0.6) is 0 Å². The summed E-state index contributed by atoms with van der Waals surface area (Å²) in [6.45, 7) is 7.11. The maximum Gasteiger partial charge on any atom is 0.223 e. The Kier molecular flexibility index (Phi) is 6.13. The lowest BCUT2D eigenvalue weighted by molar-refractivity contribution is -0.133. The molecule has 0 saturated carbocycles. The first-order chi connectivity index (χ1) is 10.6. The lowest BCUT2D eigenvalue weighted by atomic mass is 10.1. The first kappa shape index (κ1) is 16.7. The second-order valence-electron chi connectivity index (χ2n) is 5.66. The van der Waals surface area contributed by atoms with Crippen LogP contribution in [0.15, 0.2) is 36.0 Å². The van der Waals surface area contributed by atoms with Crippen LogP contribution in [-0.2, 0) is 17.8 Å². The molecular formula is C18H24N2OS. The largest absolute Gasteiger partial charge is 0.335 e. The summed E-state index contributed by atoms with van der Waals surface area (Å²) in [6, 6.07) is 6.34. The molecule has 3 nitrogen and oxygen atoms in total. The van der Waals surface area contributed by atoms with Gasteiger partial charge in [-0.25, -0.2) is 0 Å². The zero-order chi connectivity index (χ0) is 15.9. The third-order valence-electron chi connectivity index (χ3n) is 4.10. The summed E-state index contributed by atoms with van der Waals surface area (Å²) in [4.78, 5) is 20.0. The first-order valence-electron chi connectivity index (χ1n) is 7.83. The summed E-state index contributed by atoms with van der Waals surface area (Å²) in [6.07, 6.45) is 5.87. The maximum atomic E-state index is 12.7. The van der Waals surface area contributed by atoms with Gasteiger partial charge in [0.1, 0.15) is 0 Å². The van der Waals surface area contributed by atoms with E-state index in [1.807, 2.05) is 17.0 Å². The van der Waals surface area contributed by atoms with Crippen LogP contribution in [0.3, 0.4) is 0 Å². The summed E-state index contributed by atoms with van der Waals surface area (Å²) in [7, 11) is 0. The number of carbonyl (C=O) groups excluding carboxylic acids is 1. The molecule has 0 aliphatic carbocycles. The van der Waals surface area contributed by atoms with Gasteiger partial charge >= 0.3 is 0 Å². The van der Waals surface area contributed by atoms with Crippen LogP contribution in [0.4, 0.5) is 0 Å². The fraction of sp³-hybridized carbons (Fsp3) is 0.444. The molecule has 2 heterocycles. The molecule has 22 heavy (non-hydrogen) atoms. The highest BCUT2D eigenvalue weighted by Crippen LogP contribution is 2.21. The molecule has 118 valence electrons. The highest BCUT2D eigenvalue weighted by Gasteiger charge is 2.20. The Morgan fingerprint density at radius 1 is 1.32 bits per heavy atom. The van der Waals surface area contributed by atoms with E-state index in [4.69, 9.17) is 0 Å². The number of aryl methyl sites for hydroxylation is 2. The van der Waals surface area contributed by atoms with Gasteiger partial charge in [-0.2, -0.15) is 0 Å². The Labute approximate surface area is 137 Å². The van der Waals surface area contributed by atoms with E-state index in [9.17, 15) is 4.79 Å². The van der Waals surface area contributed by atoms with Gasteiger partial charge in [-0.3, -0.25) is 9.78 Å². The van der Waals surface area contributed by atoms with Crippen molar-refractivity contribution in [2.75, 3.05) is 0 Å². The van der Waals surface area contributed by atoms with E-state index in [-0.39, 0.29) is 11.9 Å². The van der Waals surface area contributed by atoms with E-state index < -0.39 is 0 Å². The van der Waals surface area contributed by atoms with Crippen LogP contribution in [-0.4, -0.2) is 21.8 Å². The average Bonchev–Trinajstić information content (AvgIpc) is 2.95. The van der Waals surface area contributed by atoms with Gasteiger partial charge in [0.05, 0.1) is 6.54 Å². The van der Waals surface area contributed by atoms with E-state index >= 15 is 0 Å². The Balaban J connectivity index is 2.01. The van der Waals surface area contributed by atoms with Gasteiger partial charge in [-0.15, -0.1) is 11.3 Å². The van der Waals surface area contributed by atoms with Crippen LogP contribution in [0, 0.1) is 6.92 Å². The van der Waals surface area contributed by atoms with Gasteiger partial charge < -0.3 is 4.90 Å². The molecule has 0 saturated heterocycles. The molecule has 0 unspecified atom stereocenters. The number of aromatic nitrogens is 1. The zero-order valence-corrected chi connectivity index (χ0v) is 14.4. The number of hydrogen-bond donors (Lipinski definition) is 0. The van der Waals surface area contributed by atoms with Gasteiger partial charge in [0.25, 0.3) is 0 Å². The minimum Gasteiger partial charge on any atom is -0.335 e. The molecule has 0 N–H and O–H groups in total. The van der Waals surface area contributed by atoms with Gasteiger partial charge in [-0.05, 0) is 61.4 Å². The Bertz CT molecular complexity index is 594. The highest BCUT2D eigenvalue weighted by atomic mass is 32.1. The van der Waals surface area contributed by atoms with Crippen molar-refractivity contribution >= 4 is 17.2 Å². The number of pyridine rings is 1. The van der Waals surface area contributed by atoms with Crippen molar-refractivity contribution in [3.05, 3.63) is 52.0 Å². The predicted molar refractivity (Wildman–Crippen MR) is 91.9 cm³/mol. The fourth-order valence-corrected chi connectivity index (χ4v) is 3.28. The van der Waals surface area contributed by atoms with Crippen molar-refractivity contribution in [2.45, 2.75) is 52.6 Å². The Morgan fingerprint density at radius 2 is 2.05 bits per heavy atom. The third kappa shape index (κ3) is 4.41. The molecule has 2 aromatic heterocycles. The molecule has 1 atom stereocenters. The molecule has 1 amide bonds. The number of nitrogens with zero attached hydrogens (tertiary/aromatic N) is 2. The van der Waals surface area contributed by atoms with Crippen LogP contribution in [0.25, 0.3) is 0 Å². The van der Waals surface area contributed by atoms with Crippen LogP contribution < -0.4 is 0 Å². The number of hydrogen-bond acceptors (Lipinski definition) is 3. The topological polar surface area (TPSA) is 33.2 Å². The van der Waals surface area contributed by atoms with Crippen LogP contribution >= 0.6 is 11.3 Å². The highest BCUT2D eigenvalue weighted by molar-refractivity contribution is 7.10. The van der Waals surface area contributed by atoms with Crippen LogP contribution in [0.1, 0.15) is 42.7 Å². The quantitative estimate of drug-likeness (QED) is 0.766. The molecule has 4 heteroatoms. The van der Waals surface area contributed by atoms with Crippen molar-refractivity contribution in [1.82, 2.24) is 9.88 Å². The van der Waals surface area contributed by atoms with Gasteiger partial charge in [0, 0.05) is 29.7 Å². The average molecular weight is 316 g/mol. The standard InChI is InChI=1S/C18H24N2OS/c1-4-15(3)20(13-17-14(2)9-12-22-17)18(21)6-5-16-7-10-19-11-8-16/h7-12,15H,4-6,13H2,1-3H3/t15-/m0/s1. The summed E-state index contributed by atoms with van der Waals surface area (Å²) < 4.78 is 0. The van der Waals surface area contributed by atoms with Gasteiger partial charge in [0.15, 0.2) is 0 Å². The number of rotatable bonds is 7. The van der Waals surface area contributed by atoms with E-state index in [1.54, 1.807) is 23.7 Å². The van der Waals surface area contributed by atoms with E-state index in [0.717, 1.165) is 19.4 Å². The summed E-state index contributed by atoms with van der Waals surface area (Å²) in [5, 5.41) is 2.10. The predicted octanol–water partition coefficient (Wildman–Crippen LogP) is 4.21. The normalized spacial score (nSPS) is 12.1. The molecule has 2 aromatic rings. The van der Waals surface area contributed by atoms with E-state index in [1.165, 1.54) is 16.0 Å². The Morgan fingerprint density at radius 3 is 2.64 bits per heavy atom. The summed E-state index contributed by atoms with van der Waals surface area (Å²) in [5.41, 5.74) is 2.44. The summed E-state index contributed by atoms with van der Waals surface area (Å²) >= 11 is 1.74. The lowest BCUT2D eigenvalue weighted by Crippen LogP contribution is -2.37. The zero-order valence-electron chi connectivity index (χ0n) is 13.6. The number of amides is 1. The van der Waals surface area contributed by atoms with E-state index in [2.05, 4.69) is 37.2 Å². The second kappa shape index (κ2) is 8.08. The van der Waals surface area contributed by atoms with Crippen LogP contribution in [0.2, 0.25) is 0 Å². The summed E-state index contributed by atoms with van der Waals surface area (Å²) in [5.74, 6) is 0.235. The van der Waals surface area contributed by atoms with Crippen molar-refractivity contribution < 1.29 is 4.79 Å². The van der Waals surface area contributed by atoms with Crippen molar-refractivity contribution in [1.29, 1.82) is 0 Å². The van der Waals surface area contributed by atoms with Crippen molar-refractivity contribution in [3.63, 3.8) is 0 Å². The lowest BCUT2D eigenvalue weighted by Gasteiger charge is -2.28. The second-order valence-corrected chi connectivity index (χ2v) is 6.66. The minimum absolute atomic E-state index is 0.235. The number of carbonyl (C=O) groups is 1. The van der Waals surface area contributed by atoms with E-state index in [0.29, 0.717) is 6.42 Å². The maximum absolute atomic E-state index is 12.7. The first-order valence-corrected chi connectivity index (χ1v) is 8.71. The smallest absolute Gasteiger partial charge is 0.223 e. The molecule has 0 aliphatic heterocycles. The van der Waals surface area contributed by atoms with Gasteiger partial charge in [-0.1, -0.05) is 6.92 Å². The molecular weight excluding hydrogens is 292 g/mol. The molecule has 0 radical (unpaired) electrons. The Hall–Kier alpha value is -1.68. The SMILES string of the molecule is CC[C@H](C)N(Cc1sccc1C)C(=O)CCc1ccncc1. The molecule has 0 bridgehead atoms. The van der Waals surface area contributed by atoms with Crippen molar-refractivity contribution in [3.8, 4) is 0 Å². The molecule has 0 spiro atoms. The molecule has 0 aliphatic rings. The van der Waals surface area contributed by atoms with Crippen molar-refractivity contribution in [2.24, 2.45) is 0 Å². The minimum atomic E-state index is 0.235. The molecule has 0 fully saturated rings.